The highest BCUT2D eigenvalue weighted by molar-refractivity contribution is 6.29. The molecule has 32 heavy (non-hydrogen) atoms. The molecule has 1 unspecified atom stereocenters. The summed E-state index contributed by atoms with van der Waals surface area (Å²) in [6, 6.07) is 1.95. The zero-order valence-electron chi connectivity index (χ0n) is 16.7. The molecule has 0 saturated carbocycles. The number of anilines is 2. The third kappa shape index (κ3) is 4.20. The van der Waals surface area contributed by atoms with Crippen LogP contribution in [0.1, 0.15) is 30.7 Å². The van der Waals surface area contributed by atoms with E-state index in [9.17, 15) is 13.6 Å². The molecule has 0 aromatic carbocycles. The van der Waals surface area contributed by atoms with E-state index in [0.717, 1.165) is 10.9 Å². The fraction of sp³-hybridized carbons (Fsp3) is 0.222. The number of aromatic nitrogens is 7. The predicted molar refractivity (Wildman–Crippen MR) is 110 cm³/mol. The van der Waals surface area contributed by atoms with Crippen LogP contribution in [0.2, 0.25) is 5.15 Å². The topological polar surface area (TPSA) is 124 Å². The first-order chi connectivity index (χ1) is 15.4. The van der Waals surface area contributed by atoms with Gasteiger partial charge in [0.15, 0.2) is 16.6 Å². The van der Waals surface area contributed by atoms with Gasteiger partial charge in [0, 0.05) is 13.2 Å². The van der Waals surface area contributed by atoms with Crippen molar-refractivity contribution in [2.45, 2.75) is 19.5 Å². The van der Waals surface area contributed by atoms with Gasteiger partial charge in [0.05, 0.1) is 53.5 Å². The molecule has 0 spiro atoms. The van der Waals surface area contributed by atoms with E-state index < -0.39 is 24.1 Å². The molecule has 2 N–H and O–H groups in total. The minimum Gasteiger partial charge on any atom is -0.375 e. The van der Waals surface area contributed by atoms with E-state index in [2.05, 4.69) is 35.9 Å². The lowest BCUT2D eigenvalue weighted by Crippen LogP contribution is -2.22. The number of urea groups is 1. The van der Waals surface area contributed by atoms with E-state index in [0.29, 0.717) is 17.0 Å². The zero-order valence-corrected chi connectivity index (χ0v) is 17.5. The number of rotatable bonds is 6. The minimum atomic E-state index is -2.86. The lowest BCUT2D eigenvalue weighted by molar-refractivity contribution is 0.114. The zero-order chi connectivity index (χ0) is 22.8. The van der Waals surface area contributed by atoms with E-state index in [1.807, 2.05) is 0 Å². The van der Waals surface area contributed by atoms with E-state index in [1.165, 1.54) is 36.4 Å². The van der Waals surface area contributed by atoms with Gasteiger partial charge in [0.2, 0.25) is 0 Å². The van der Waals surface area contributed by atoms with Crippen LogP contribution in [0.25, 0.3) is 11.5 Å². The van der Waals surface area contributed by atoms with Gasteiger partial charge in [-0.05, 0) is 13.0 Å². The van der Waals surface area contributed by atoms with E-state index in [-0.39, 0.29) is 16.7 Å². The van der Waals surface area contributed by atoms with Gasteiger partial charge in [-0.1, -0.05) is 11.6 Å². The lowest BCUT2D eigenvalue weighted by Gasteiger charge is -2.17. The number of carbonyl (C=O) groups is 1. The number of alkyl halides is 2. The average molecular weight is 464 g/mol. The number of fused-ring (bicyclic) bond motifs is 1. The number of methoxy groups -OCH3 is 1. The number of amides is 2. The van der Waals surface area contributed by atoms with Crippen LogP contribution in [-0.2, 0) is 4.74 Å². The first kappa shape index (κ1) is 21.5. The summed E-state index contributed by atoms with van der Waals surface area (Å²) in [5, 5.41) is 17.1. The van der Waals surface area contributed by atoms with Crippen molar-refractivity contribution < 1.29 is 18.3 Å². The number of carbonyl (C=O) groups excluding carboxylic acids is 1. The van der Waals surface area contributed by atoms with E-state index in [1.54, 1.807) is 13.0 Å². The molecule has 166 valence electrons. The molecule has 0 aliphatic heterocycles. The van der Waals surface area contributed by atoms with Crippen molar-refractivity contribution in [1.82, 2.24) is 34.6 Å². The van der Waals surface area contributed by atoms with Crippen LogP contribution in [0.15, 0.2) is 36.9 Å². The fourth-order valence-corrected chi connectivity index (χ4v) is 3.18. The van der Waals surface area contributed by atoms with Crippen LogP contribution < -0.4 is 10.6 Å². The maximum Gasteiger partial charge on any atom is 0.323 e. The van der Waals surface area contributed by atoms with Crippen LogP contribution in [0, 0.1) is 0 Å². The van der Waals surface area contributed by atoms with Crippen LogP contribution in [0.3, 0.4) is 0 Å². The van der Waals surface area contributed by atoms with Gasteiger partial charge in [-0.15, -0.1) is 4.80 Å². The number of nitrogens with one attached hydrogen (secondary N) is 2. The highest BCUT2D eigenvalue weighted by Gasteiger charge is 2.21. The summed E-state index contributed by atoms with van der Waals surface area (Å²) in [5.41, 5.74) is 0.858. The Kier molecular flexibility index (Phi) is 5.92. The summed E-state index contributed by atoms with van der Waals surface area (Å²) >= 11 is 5.97. The summed E-state index contributed by atoms with van der Waals surface area (Å²) in [7, 11) is 1.50. The molecule has 4 heterocycles. The summed E-state index contributed by atoms with van der Waals surface area (Å²) in [6.07, 6.45) is 1.99. The van der Waals surface area contributed by atoms with Crippen molar-refractivity contribution in [3.05, 3.63) is 53.3 Å². The number of halogens is 3. The number of pyridine rings is 1. The second kappa shape index (κ2) is 8.80. The molecule has 4 aromatic rings. The molecule has 4 aromatic heterocycles. The Morgan fingerprint density at radius 2 is 1.91 bits per heavy atom. The molecule has 14 heteroatoms. The molecule has 4 rings (SSSR count). The van der Waals surface area contributed by atoms with Gasteiger partial charge >= 0.3 is 6.03 Å². The fourth-order valence-electron chi connectivity index (χ4n) is 3.00. The number of hydrogen-bond acceptors (Lipinski definition) is 7. The van der Waals surface area contributed by atoms with Gasteiger partial charge in [-0.25, -0.2) is 28.1 Å². The molecule has 0 aliphatic carbocycles. The molecule has 1 atom stereocenters. The Hall–Kier alpha value is -3.71. The maximum atomic E-state index is 13.5. The van der Waals surface area contributed by atoms with Crippen LogP contribution >= 0.6 is 11.6 Å². The average Bonchev–Trinajstić information content (AvgIpc) is 3.42. The number of ether oxygens (including phenoxy) is 1. The third-order valence-corrected chi connectivity index (χ3v) is 4.66. The summed E-state index contributed by atoms with van der Waals surface area (Å²) in [5.74, 6) is -0.141. The van der Waals surface area contributed by atoms with Gasteiger partial charge < -0.3 is 15.4 Å². The molecule has 0 aliphatic rings. The molecule has 0 fully saturated rings. The second-order valence-corrected chi connectivity index (χ2v) is 6.89. The summed E-state index contributed by atoms with van der Waals surface area (Å²) in [4.78, 5) is 21.7. The Bertz CT molecular complexity index is 1260. The minimum absolute atomic E-state index is 0.0474. The largest absolute Gasteiger partial charge is 0.375 e. The van der Waals surface area contributed by atoms with E-state index in [4.69, 9.17) is 16.3 Å². The van der Waals surface area contributed by atoms with Crippen molar-refractivity contribution in [2.24, 2.45) is 0 Å². The predicted octanol–water partition coefficient (Wildman–Crippen LogP) is 3.65. The highest BCUT2D eigenvalue weighted by Crippen LogP contribution is 2.28. The first-order valence-corrected chi connectivity index (χ1v) is 9.55. The molecule has 0 radical (unpaired) electrons. The van der Waals surface area contributed by atoms with Crippen molar-refractivity contribution in [2.75, 3.05) is 17.7 Å². The van der Waals surface area contributed by atoms with Gasteiger partial charge in [0.25, 0.3) is 6.43 Å². The van der Waals surface area contributed by atoms with Crippen molar-refractivity contribution in [3.8, 4) is 5.82 Å². The summed E-state index contributed by atoms with van der Waals surface area (Å²) in [6.45, 7) is 1.76. The van der Waals surface area contributed by atoms with Gasteiger partial charge in [-0.3, -0.25) is 0 Å². The van der Waals surface area contributed by atoms with Crippen LogP contribution in [0.4, 0.5) is 25.0 Å². The Labute approximate surface area is 184 Å². The number of nitrogens with zero attached hydrogens (tertiary/aromatic N) is 7. The van der Waals surface area contributed by atoms with Crippen LogP contribution in [0.5, 0.6) is 0 Å². The second-order valence-electron chi connectivity index (χ2n) is 6.51. The quantitative estimate of drug-likeness (QED) is 0.447. The first-order valence-electron chi connectivity index (χ1n) is 9.17. The van der Waals surface area contributed by atoms with Crippen LogP contribution in [-0.4, -0.2) is 47.7 Å². The number of hydrogen-bond donors (Lipinski definition) is 2. The van der Waals surface area contributed by atoms with Crippen molar-refractivity contribution in [1.29, 1.82) is 0 Å². The monoisotopic (exact) mass is 463 g/mol. The van der Waals surface area contributed by atoms with Crippen molar-refractivity contribution in [3.63, 3.8) is 0 Å². The molecule has 2 amide bonds. The smallest absolute Gasteiger partial charge is 0.323 e. The molecular formula is C18H16ClF2N9O2. The maximum absolute atomic E-state index is 13.5. The highest BCUT2D eigenvalue weighted by atomic mass is 35.5. The standard InChI is InChI=1S/C18H16ClF2N9O2/c1-9(32-2)15-12(8-22-14-6-13(19)28-29(14)15)27-18(31)26-10-5-11(16(20)21)17(23-7-10)30-24-3-4-25-30/h3-9,16H,1-2H3,(H2,26,27,31). The summed E-state index contributed by atoms with van der Waals surface area (Å²) < 4.78 is 33.9. The third-order valence-electron chi connectivity index (χ3n) is 4.47. The Morgan fingerprint density at radius 3 is 2.59 bits per heavy atom. The van der Waals surface area contributed by atoms with Crippen molar-refractivity contribution >= 4 is 34.7 Å². The van der Waals surface area contributed by atoms with E-state index >= 15 is 0 Å². The lowest BCUT2D eigenvalue weighted by atomic mass is 10.2. The Balaban J connectivity index is 1.60. The molecule has 11 nitrogen and oxygen atoms in total. The van der Waals surface area contributed by atoms with Gasteiger partial charge in [-0.2, -0.15) is 15.3 Å². The molecular weight excluding hydrogens is 448 g/mol. The molecule has 0 bridgehead atoms. The van der Waals surface area contributed by atoms with Gasteiger partial charge in [0.1, 0.15) is 0 Å². The Morgan fingerprint density at radius 1 is 1.16 bits per heavy atom. The SMILES string of the molecule is COC(C)c1c(NC(=O)Nc2cnc(-n3nccn3)c(C(F)F)c2)cnc2cc(Cl)nn12. The molecule has 0 saturated heterocycles. The normalized spacial score (nSPS) is 12.3.